The molecule has 0 spiro atoms. The van der Waals surface area contributed by atoms with Gasteiger partial charge in [0.1, 0.15) is 11.5 Å². The monoisotopic (exact) mass is 370 g/mol. The minimum absolute atomic E-state index is 0.165. The van der Waals surface area contributed by atoms with Gasteiger partial charge in [-0.15, -0.1) is 0 Å². The topological polar surface area (TPSA) is 64.4 Å². The molecule has 1 amide bonds. The summed E-state index contributed by atoms with van der Waals surface area (Å²) < 4.78 is 11.0. The molecule has 3 rings (SSSR count). The molecule has 0 unspecified atom stereocenters. The summed E-state index contributed by atoms with van der Waals surface area (Å²) in [6.07, 6.45) is 9.40. The van der Waals surface area contributed by atoms with Gasteiger partial charge in [0.2, 0.25) is 11.8 Å². The first kappa shape index (κ1) is 19.5. The van der Waals surface area contributed by atoms with Crippen LogP contribution in [0.4, 0.5) is 0 Å². The van der Waals surface area contributed by atoms with Crippen LogP contribution in [0.5, 0.6) is 5.75 Å². The van der Waals surface area contributed by atoms with Crippen LogP contribution in [0.25, 0.3) is 11.5 Å². The van der Waals surface area contributed by atoms with E-state index in [0.29, 0.717) is 18.4 Å². The maximum Gasteiger partial charge on any atom is 0.226 e. The number of methoxy groups -OCH3 is 1. The summed E-state index contributed by atoms with van der Waals surface area (Å²) in [6, 6.07) is 8.04. The highest BCUT2D eigenvalue weighted by molar-refractivity contribution is 5.76. The minimum Gasteiger partial charge on any atom is -0.497 e. The fraction of sp³-hybridized carbons (Fsp3) is 0.545. The molecular weight excluding hydrogens is 340 g/mol. The normalized spacial score (nSPS) is 15.3. The Kier molecular flexibility index (Phi) is 6.91. The van der Waals surface area contributed by atoms with Crippen molar-refractivity contribution in [3.63, 3.8) is 0 Å². The first-order chi connectivity index (χ1) is 13.2. The Morgan fingerprint density at radius 1 is 1.19 bits per heavy atom. The zero-order valence-corrected chi connectivity index (χ0v) is 16.4. The number of nitrogens with zero attached hydrogens (tertiary/aromatic N) is 1. The quantitative estimate of drug-likeness (QED) is 0.710. The third-order valence-corrected chi connectivity index (χ3v) is 5.27. The van der Waals surface area contributed by atoms with Crippen LogP contribution in [0, 0.1) is 6.92 Å². The Labute approximate surface area is 161 Å². The maximum absolute atomic E-state index is 12.2. The minimum atomic E-state index is 0.165. The van der Waals surface area contributed by atoms with Crippen LogP contribution < -0.4 is 10.1 Å². The number of carbonyl (C=O) groups is 1. The zero-order chi connectivity index (χ0) is 19.1. The van der Waals surface area contributed by atoms with E-state index in [1.54, 1.807) is 7.11 Å². The fourth-order valence-electron chi connectivity index (χ4n) is 3.66. The number of amides is 1. The molecule has 1 heterocycles. The molecule has 1 saturated carbocycles. The lowest BCUT2D eigenvalue weighted by molar-refractivity contribution is -0.122. The average Bonchev–Trinajstić information content (AvgIpc) is 2.87. The number of benzene rings is 1. The molecule has 2 aromatic rings. The standard InChI is InChI=1S/C22H30N2O3/c1-16-20(24-22(27-16)17-12-14-19(26-2)15-13-17)10-7-11-21(25)23-18-8-5-3-4-6-9-18/h12-15,18H,3-11H2,1-2H3,(H,23,25). The Balaban J connectivity index is 1.49. The lowest BCUT2D eigenvalue weighted by Crippen LogP contribution is -2.34. The van der Waals surface area contributed by atoms with Gasteiger partial charge in [-0.05, 0) is 56.9 Å². The summed E-state index contributed by atoms with van der Waals surface area (Å²) in [5.41, 5.74) is 1.86. The Bertz CT molecular complexity index is 729. The number of oxazole rings is 1. The van der Waals surface area contributed by atoms with Crippen molar-refractivity contribution in [1.82, 2.24) is 10.3 Å². The first-order valence-electron chi connectivity index (χ1n) is 10.1. The molecule has 1 fully saturated rings. The van der Waals surface area contributed by atoms with Crippen molar-refractivity contribution in [2.24, 2.45) is 0 Å². The van der Waals surface area contributed by atoms with Crippen molar-refractivity contribution >= 4 is 5.91 Å². The number of nitrogens with one attached hydrogen (secondary N) is 1. The largest absolute Gasteiger partial charge is 0.497 e. The van der Waals surface area contributed by atoms with Gasteiger partial charge in [-0.25, -0.2) is 4.98 Å². The van der Waals surface area contributed by atoms with E-state index in [4.69, 9.17) is 9.15 Å². The van der Waals surface area contributed by atoms with E-state index in [1.807, 2.05) is 31.2 Å². The second-order valence-corrected chi connectivity index (χ2v) is 7.36. The summed E-state index contributed by atoms with van der Waals surface area (Å²) in [4.78, 5) is 16.8. The number of carbonyl (C=O) groups excluding carboxylic acids is 1. The predicted molar refractivity (Wildman–Crippen MR) is 106 cm³/mol. The molecule has 146 valence electrons. The maximum atomic E-state index is 12.2. The Morgan fingerprint density at radius 3 is 2.56 bits per heavy atom. The van der Waals surface area contributed by atoms with E-state index < -0.39 is 0 Å². The zero-order valence-electron chi connectivity index (χ0n) is 16.4. The first-order valence-corrected chi connectivity index (χ1v) is 10.1. The molecule has 0 radical (unpaired) electrons. The van der Waals surface area contributed by atoms with Gasteiger partial charge in [0.25, 0.3) is 0 Å². The van der Waals surface area contributed by atoms with E-state index in [0.717, 1.165) is 48.5 Å². The van der Waals surface area contributed by atoms with Crippen molar-refractivity contribution in [3.05, 3.63) is 35.7 Å². The van der Waals surface area contributed by atoms with Gasteiger partial charge in [0.15, 0.2) is 0 Å². The molecule has 1 aliphatic rings. The van der Waals surface area contributed by atoms with Crippen LogP contribution in [0.1, 0.15) is 62.8 Å². The van der Waals surface area contributed by atoms with Gasteiger partial charge in [-0.1, -0.05) is 25.7 Å². The van der Waals surface area contributed by atoms with E-state index in [1.165, 1.54) is 25.7 Å². The van der Waals surface area contributed by atoms with Crippen molar-refractivity contribution in [2.45, 2.75) is 70.8 Å². The van der Waals surface area contributed by atoms with Crippen molar-refractivity contribution in [3.8, 4) is 17.2 Å². The van der Waals surface area contributed by atoms with Gasteiger partial charge in [0.05, 0.1) is 12.8 Å². The third-order valence-electron chi connectivity index (χ3n) is 5.27. The lowest BCUT2D eigenvalue weighted by atomic mass is 10.1. The van der Waals surface area contributed by atoms with Gasteiger partial charge >= 0.3 is 0 Å². The smallest absolute Gasteiger partial charge is 0.226 e. The highest BCUT2D eigenvalue weighted by atomic mass is 16.5. The molecule has 0 saturated heterocycles. The molecule has 0 atom stereocenters. The van der Waals surface area contributed by atoms with Gasteiger partial charge < -0.3 is 14.5 Å². The molecule has 1 aromatic heterocycles. The Hall–Kier alpha value is -2.30. The summed E-state index contributed by atoms with van der Waals surface area (Å²) in [6.45, 7) is 1.93. The number of rotatable bonds is 7. The molecule has 27 heavy (non-hydrogen) atoms. The molecule has 0 aliphatic heterocycles. The summed E-state index contributed by atoms with van der Waals surface area (Å²) in [5.74, 6) is 2.42. The summed E-state index contributed by atoms with van der Waals surface area (Å²) in [7, 11) is 1.65. The molecular formula is C22H30N2O3. The second kappa shape index (κ2) is 9.58. The van der Waals surface area contributed by atoms with Crippen LogP contribution in [0.3, 0.4) is 0 Å². The van der Waals surface area contributed by atoms with Crippen molar-refractivity contribution in [1.29, 1.82) is 0 Å². The summed E-state index contributed by atoms with van der Waals surface area (Å²) in [5, 5.41) is 3.21. The molecule has 1 aromatic carbocycles. The summed E-state index contributed by atoms with van der Waals surface area (Å²) >= 11 is 0. The van der Waals surface area contributed by atoms with E-state index in [9.17, 15) is 4.79 Å². The number of aryl methyl sites for hydroxylation is 2. The number of hydrogen-bond acceptors (Lipinski definition) is 4. The number of ether oxygens (including phenoxy) is 1. The highest BCUT2D eigenvalue weighted by Gasteiger charge is 2.15. The van der Waals surface area contributed by atoms with Crippen molar-refractivity contribution in [2.75, 3.05) is 7.11 Å². The van der Waals surface area contributed by atoms with Crippen LogP contribution in [-0.4, -0.2) is 24.0 Å². The van der Waals surface area contributed by atoms with Crippen LogP contribution >= 0.6 is 0 Å². The number of hydrogen-bond donors (Lipinski definition) is 1. The van der Waals surface area contributed by atoms with E-state index >= 15 is 0 Å². The van der Waals surface area contributed by atoms with Crippen LogP contribution in [0.15, 0.2) is 28.7 Å². The average molecular weight is 370 g/mol. The highest BCUT2D eigenvalue weighted by Crippen LogP contribution is 2.25. The van der Waals surface area contributed by atoms with Gasteiger partial charge in [-0.2, -0.15) is 0 Å². The predicted octanol–water partition coefficient (Wildman–Crippen LogP) is 4.82. The Morgan fingerprint density at radius 2 is 1.89 bits per heavy atom. The van der Waals surface area contributed by atoms with Gasteiger partial charge in [-0.3, -0.25) is 4.79 Å². The number of aromatic nitrogens is 1. The lowest BCUT2D eigenvalue weighted by Gasteiger charge is -2.15. The fourth-order valence-corrected chi connectivity index (χ4v) is 3.66. The van der Waals surface area contributed by atoms with E-state index in [2.05, 4.69) is 10.3 Å². The van der Waals surface area contributed by atoms with Crippen LogP contribution in [-0.2, 0) is 11.2 Å². The molecule has 1 N–H and O–H groups in total. The molecule has 1 aliphatic carbocycles. The molecule has 5 nitrogen and oxygen atoms in total. The van der Waals surface area contributed by atoms with Crippen LogP contribution in [0.2, 0.25) is 0 Å². The van der Waals surface area contributed by atoms with E-state index in [-0.39, 0.29) is 5.91 Å². The molecule has 5 heteroatoms. The third kappa shape index (κ3) is 5.59. The SMILES string of the molecule is COc1ccc(-c2nc(CCCC(=O)NC3CCCCCC3)c(C)o2)cc1. The van der Waals surface area contributed by atoms with Gasteiger partial charge in [0, 0.05) is 18.0 Å². The second-order valence-electron chi connectivity index (χ2n) is 7.36. The molecule has 0 bridgehead atoms. The van der Waals surface area contributed by atoms with Crippen molar-refractivity contribution < 1.29 is 13.9 Å².